The molecule has 5 nitrogen and oxygen atoms in total. The van der Waals surface area contributed by atoms with Crippen molar-refractivity contribution < 1.29 is 18.6 Å². The summed E-state index contributed by atoms with van der Waals surface area (Å²) in [7, 11) is 1.74. The van der Waals surface area contributed by atoms with Gasteiger partial charge in [-0.1, -0.05) is 18.2 Å². The first-order valence-electron chi connectivity index (χ1n) is 7.32. The Labute approximate surface area is 134 Å². The SMILES string of the molecule is Cc1ccccc1OCC(O)CN(C)Cc1nccn1C(F)F. The molecule has 1 aromatic heterocycles. The average Bonchev–Trinajstić information content (AvgIpc) is 2.94. The predicted molar refractivity (Wildman–Crippen MR) is 82.5 cm³/mol. The number of hydrogen-bond donors (Lipinski definition) is 1. The fourth-order valence-corrected chi connectivity index (χ4v) is 2.27. The molecule has 1 unspecified atom stereocenters. The fraction of sp³-hybridized carbons (Fsp3) is 0.438. The number of aliphatic hydroxyl groups excluding tert-OH is 1. The first-order chi connectivity index (χ1) is 11.0. The van der Waals surface area contributed by atoms with Gasteiger partial charge in [0.15, 0.2) is 0 Å². The lowest BCUT2D eigenvalue weighted by atomic mass is 10.2. The van der Waals surface area contributed by atoms with Crippen molar-refractivity contribution >= 4 is 0 Å². The van der Waals surface area contributed by atoms with Crippen molar-refractivity contribution in [2.45, 2.75) is 26.1 Å². The second kappa shape index (κ2) is 8.03. The van der Waals surface area contributed by atoms with Crippen molar-refractivity contribution in [3.05, 3.63) is 48.0 Å². The van der Waals surface area contributed by atoms with Gasteiger partial charge in [0, 0.05) is 18.9 Å². The summed E-state index contributed by atoms with van der Waals surface area (Å²) in [4.78, 5) is 5.65. The minimum atomic E-state index is -2.62. The minimum absolute atomic E-state index is 0.137. The zero-order chi connectivity index (χ0) is 16.8. The molecule has 0 radical (unpaired) electrons. The van der Waals surface area contributed by atoms with Crippen molar-refractivity contribution in [2.24, 2.45) is 0 Å². The molecule has 0 aliphatic heterocycles. The highest BCUT2D eigenvalue weighted by Crippen LogP contribution is 2.17. The number of nitrogens with zero attached hydrogens (tertiary/aromatic N) is 3. The first kappa shape index (κ1) is 17.4. The molecule has 2 rings (SSSR count). The zero-order valence-electron chi connectivity index (χ0n) is 13.2. The van der Waals surface area contributed by atoms with E-state index in [1.165, 1.54) is 12.4 Å². The van der Waals surface area contributed by atoms with Gasteiger partial charge < -0.3 is 9.84 Å². The zero-order valence-corrected chi connectivity index (χ0v) is 13.2. The van der Waals surface area contributed by atoms with Gasteiger partial charge in [0.25, 0.3) is 0 Å². The van der Waals surface area contributed by atoms with E-state index in [0.29, 0.717) is 6.54 Å². The molecular weight excluding hydrogens is 304 g/mol. The summed E-state index contributed by atoms with van der Waals surface area (Å²) in [6, 6.07) is 7.55. The smallest absolute Gasteiger partial charge is 0.319 e. The highest BCUT2D eigenvalue weighted by Gasteiger charge is 2.15. The van der Waals surface area contributed by atoms with Gasteiger partial charge in [-0.05, 0) is 25.6 Å². The van der Waals surface area contributed by atoms with Crippen LogP contribution in [-0.4, -0.2) is 45.9 Å². The Morgan fingerprint density at radius 2 is 2.09 bits per heavy atom. The summed E-state index contributed by atoms with van der Waals surface area (Å²) in [5, 5.41) is 10.0. The number of halogens is 2. The molecule has 1 atom stereocenters. The molecule has 126 valence electrons. The Hall–Kier alpha value is -1.99. The number of imidazole rings is 1. The number of para-hydroxylation sites is 1. The van der Waals surface area contributed by atoms with Crippen molar-refractivity contribution in [3.8, 4) is 5.75 Å². The summed E-state index contributed by atoms with van der Waals surface area (Å²) in [6.45, 7) is -0.0350. The third kappa shape index (κ3) is 5.01. The second-order valence-corrected chi connectivity index (χ2v) is 5.46. The lowest BCUT2D eigenvalue weighted by Crippen LogP contribution is -2.33. The summed E-state index contributed by atoms with van der Waals surface area (Å²) < 4.78 is 31.9. The normalized spacial score (nSPS) is 12.8. The van der Waals surface area contributed by atoms with E-state index in [0.717, 1.165) is 15.9 Å². The van der Waals surface area contributed by atoms with Crippen molar-refractivity contribution in [1.29, 1.82) is 0 Å². The van der Waals surface area contributed by atoms with Crippen LogP contribution in [0.1, 0.15) is 17.9 Å². The van der Waals surface area contributed by atoms with Crippen LogP contribution in [0.15, 0.2) is 36.7 Å². The topological polar surface area (TPSA) is 50.5 Å². The van der Waals surface area contributed by atoms with E-state index in [2.05, 4.69) is 4.98 Å². The van der Waals surface area contributed by atoms with Gasteiger partial charge in [-0.2, -0.15) is 8.78 Å². The van der Waals surface area contributed by atoms with Gasteiger partial charge in [0.2, 0.25) is 0 Å². The van der Waals surface area contributed by atoms with Gasteiger partial charge in [-0.25, -0.2) is 4.98 Å². The summed E-state index contributed by atoms with van der Waals surface area (Å²) in [5.74, 6) is 0.983. The van der Waals surface area contributed by atoms with Crippen LogP contribution < -0.4 is 4.74 Å². The summed E-state index contributed by atoms with van der Waals surface area (Å²) >= 11 is 0. The van der Waals surface area contributed by atoms with Crippen molar-refractivity contribution in [1.82, 2.24) is 14.5 Å². The van der Waals surface area contributed by atoms with E-state index in [1.807, 2.05) is 31.2 Å². The molecule has 1 heterocycles. The molecule has 0 spiro atoms. The molecule has 23 heavy (non-hydrogen) atoms. The molecule has 0 amide bonds. The maximum Gasteiger partial charge on any atom is 0.319 e. The third-order valence-corrected chi connectivity index (χ3v) is 3.42. The Balaban J connectivity index is 1.81. The number of benzene rings is 1. The monoisotopic (exact) mass is 325 g/mol. The molecule has 0 saturated heterocycles. The lowest BCUT2D eigenvalue weighted by molar-refractivity contribution is 0.0572. The molecule has 7 heteroatoms. The van der Waals surface area contributed by atoms with Crippen LogP contribution in [0.5, 0.6) is 5.75 Å². The van der Waals surface area contributed by atoms with E-state index in [9.17, 15) is 13.9 Å². The van der Waals surface area contributed by atoms with Gasteiger partial charge in [0.1, 0.15) is 24.3 Å². The van der Waals surface area contributed by atoms with Crippen molar-refractivity contribution in [3.63, 3.8) is 0 Å². The molecule has 1 aromatic carbocycles. The fourth-order valence-electron chi connectivity index (χ4n) is 2.27. The quantitative estimate of drug-likeness (QED) is 0.810. The van der Waals surface area contributed by atoms with Gasteiger partial charge in [-0.15, -0.1) is 0 Å². The van der Waals surface area contributed by atoms with Gasteiger partial charge in [0.05, 0.1) is 6.54 Å². The van der Waals surface area contributed by atoms with E-state index < -0.39 is 12.7 Å². The largest absolute Gasteiger partial charge is 0.491 e. The molecule has 0 aliphatic carbocycles. The van der Waals surface area contributed by atoms with E-state index in [-0.39, 0.29) is 19.0 Å². The Kier molecular flexibility index (Phi) is 6.06. The van der Waals surface area contributed by atoms with E-state index in [1.54, 1.807) is 11.9 Å². The van der Waals surface area contributed by atoms with Crippen LogP contribution in [-0.2, 0) is 6.54 Å². The number of likely N-dealkylation sites (N-methyl/N-ethyl adjacent to an activating group) is 1. The van der Waals surface area contributed by atoms with Gasteiger partial charge >= 0.3 is 6.55 Å². The molecule has 0 saturated carbocycles. The number of rotatable bonds is 8. The van der Waals surface area contributed by atoms with Crippen LogP contribution >= 0.6 is 0 Å². The van der Waals surface area contributed by atoms with E-state index in [4.69, 9.17) is 4.74 Å². The number of aromatic nitrogens is 2. The maximum atomic E-state index is 12.8. The van der Waals surface area contributed by atoms with E-state index >= 15 is 0 Å². The predicted octanol–water partition coefficient (Wildman–Crippen LogP) is 2.46. The third-order valence-electron chi connectivity index (χ3n) is 3.42. The Morgan fingerprint density at radius 1 is 1.35 bits per heavy atom. The number of alkyl halides is 2. The molecular formula is C16H21F2N3O2. The molecule has 1 N–H and O–H groups in total. The summed E-state index contributed by atoms with van der Waals surface area (Å²) in [5.41, 5.74) is 0.993. The summed E-state index contributed by atoms with van der Waals surface area (Å²) in [6.07, 6.45) is 1.85. The Bertz CT molecular complexity index is 619. The maximum absolute atomic E-state index is 12.8. The number of aliphatic hydroxyl groups is 1. The van der Waals surface area contributed by atoms with Crippen LogP contribution in [0, 0.1) is 6.92 Å². The number of hydrogen-bond acceptors (Lipinski definition) is 4. The minimum Gasteiger partial charge on any atom is -0.491 e. The molecule has 0 fully saturated rings. The molecule has 2 aromatic rings. The Morgan fingerprint density at radius 3 is 2.78 bits per heavy atom. The van der Waals surface area contributed by atoms with Crippen LogP contribution in [0.25, 0.3) is 0 Å². The van der Waals surface area contributed by atoms with Gasteiger partial charge in [-0.3, -0.25) is 9.47 Å². The van der Waals surface area contributed by atoms with Crippen LogP contribution in [0.2, 0.25) is 0 Å². The standard InChI is InChI=1S/C16H21F2N3O2/c1-12-5-3-4-6-14(12)23-11-13(22)9-20(2)10-15-19-7-8-21(15)16(17)18/h3-8,13,16,22H,9-11H2,1-2H3. The van der Waals surface area contributed by atoms with Crippen LogP contribution in [0.4, 0.5) is 8.78 Å². The molecule has 0 aliphatic rings. The number of ether oxygens (including phenoxy) is 1. The second-order valence-electron chi connectivity index (χ2n) is 5.46. The molecule has 0 bridgehead atoms. The highest BCUT2D eigenvalue weighted by atomic mass is 19.3. The number of aryl methyl sites for hydroxylation is 1. The highest BCUT2D eigenvalue weighted by molar-refractivity contribution is 5.31. The van der Waals surface area contributed by atoms with Crippen LogP contribution in [0.3, 0.4) is 0 Å². The first-order valence-corrected chi connectivity index (χ1v) is 7.32. The van der Waals surface area contributed by atoms with Crippen molar-refractivity contribution in [2.75, 3.05) is 20.2 Å². The average molecular weight is 325 g/mol. The lowest BCUT2D eigenvalue weighted by Gasteiger charge is -2.21.